The maximum absolute atomic E-state index is 6.66. The first kappa shape index (κ1) is 14.3. The van der Waals surface area contributed by atoms with Gasteiger partial charge in [0, 0.05) is 9.11 Å². The molecule has 2 rings (SSSR count). The number of rotatable bonds is 1. The summed E-state index contributed by atoms with van der Waals surface area (Å²) in [7, 11) is 0. The molecule has 0 saturated heterocycles. The minimum atomic E-state index is -0.0839. The Labute approximate surface area is 125 Å². The first-order chi connectivity index (χ1) is 8.31. The van der Waals surface area contributed by atoms with E-state index in [4.69, 9.17) is 5.73 Å². The van der Waals surface area contributed by atoms with E-state index in [1.54, 1.807) is 0 Å². The van der Waals surface area contributed by atoms with Crippen molar-refractivity contribution in [2.75, 3.05) is 0 Å². The maximum Gasteiger partial charge on any atom is 0.0410 e. The van der Waals surface area contributed by atoms with E-state index in [0.717, 1.165) is 12.8 Å². The fourth-order valence-electron chi connectivity index (χ4n) is 2.78. The zero-order chi connectivity index (χ0) is 13.4. The topological polar surface area (TPSA) is 26.0 Å². The zero-order valence-corrected chi connectivity index (χ0v) is 13.9. The molecule has 0 aliphatic heterocycles. The van der Waals surface area contributed by atoms with E-state index in [-0.39, 0.29) is 11.0 Å². The van der Waals surface area contributed by atoms with Crippen LogP contribution in [-0.2, 0) is 11.0 Å². The van der Waals surface area contributed by atoms with Crippen molar-refractivity contribution >= 4 is 22.6 Å². The quantitative estimate of drug-likeness (QED) is 0.724. The van der Waals surface area contributed by atoms with E-state index in [1.807, 2.05) is 0 Å². The second-order valence-corrected chi connectivity index (χ2v) is 7.94. The van der Waals surface area contributed by atoms with Crippen LogP contribution in [0.15, 0.2) is 18.2 Å². The second kappa shape index (κ2) is 5.12. The van der Waals surface area contributed by atoms with Crippen molar-refractivity contribution in [1.82, 2.24) is 0 Å². The highest BCUT2D eigenvalue weighted by Crippen LogP contribution is 2.37. The molecule has 0 atom stereocenters. The Morgan fingerprint density at radius 2 is 1.67 bits per heavy atom. The molecule has 1 fully saturated rings. The summed E-state index contributed by atoms with van der Waals surface area (Å²) in [6.07, 6.45) is 6.15. The second-order valence-electron chi connectivity index (χ2n) is 6.70. The summed E-state index contributed by atoms with van der Waals surface area (Å²) >= 11 is 2.42. The van der Waals surface area contributed by atoms with Crippen LogP contribution in [0.2, 0.25) is 0 Å². The Balaban J connectivity index is 2.41. The third kappa shape index (κ3) is 3.08. The monoisotopic (exact) mass is 357 g/mol. The van der Waals surface area contributed by atoms with Gasteiger partial charge in [-0.05, 0) is 64.1 Å². The molecule has 0 aromatic heterocycles. The maximum atomic E-state index is 6.66. The summed E-state index contributed by atoms with van der Waals surface area (Å²) in [4.78, 5) is 0. The van der Waals surface area contributed by atoms with Gasteiger partial charge < -0.3 is 5.73 Å². The Hall–Kier alpha value is -0.0900. The highest BCUT2D eigenvalue weighted by Gasteiger charge is 2.30. The summed E-state index contributed by atoms with van der Waals surface area (Å²) in [5, 5.41) is 0. The molecule has 2 heteroatoms. The van der Waals surface area contributed by atoms with Gasteiger partial charge in [-0.1, -0.05) is 46.1 Å². The van der Waals surface area contributed by atoms with Crippen LogP contribution >= 0.6 is 22.6 Å². The lowest BCUT2D eigenvalue weighted by Gasteiger charge is -2.35. The molecule has 18 heavy (non-hydrogen) atoms. The molecule has 1 aliphatic carbocycles. The third-order valence-corrected chi connectivity index (χ3v) is 4.71. The molecule has 1 aromatic rings. The molecule has 0 unspecified atom stereocenters. The fourth-order valence-corrected chi connectivity index (χ4v) is 3.45. The van der Waals surface area contributed by atoms with Crippen molar-refractivity contribution in [1.29, 1.82) is 0 Å². The molecular formula is C16H24IN. The van der Waals surface area contributed by atoms with Crippen molar-refractivity contribution in [2.45, 2.75) is 63.8 Å². The SMILES string of the molecule is CC(C)(C)c1cc(I)cc(C2(N)CCCCC2)c1. The third-order valence-electron chi connectivity index (χ3n) is 4.08. The number of halogens is 1. The Morgan fingerprint density at radius 3 is 2.22 bits per heavy atom. The summed E-state index contributed by atoms with van der Waals surface area (Å²) in [6.45, 7) is 6.81. The predicted molar refractivity (Wildman–Crippen MR) is 86.8 cm³/mol. The van der Waals surface area contributed by atoms with E-state index in [0.29, 0.717) is 0 Å². The van der Waals surface area contributed by atoms with Crippen molar-refractivity contribution in [3.63, 3.8) is 0 Å². The van der Waals surface area contributed by atoms with Crippen LogP contribution in [0.25, 0.3) is 0 Å². The van der Waals surface area contributed by atoms with Gasteiger partial charge in [-0.2, -0.15) is 0 Å². The summed E-state index contributed by atoms with van der Waals surface area (Å²) in [5.74, 6) is 0. The van der Waals surface area contributed by atoms with Crippen molar-refractivity contribution < 1.29 is 0 Å². The van der Waals surface area contributed by atoms with Crippen molar-refractivity contribution in [3.8, 4) is 0 Å². The summed E-state index contributed by atoms with van der Waals surface area (Å²) < 4.78 is 1.31. The lowest BCUT2D eigenvalue weighted by Crippen LogP contribution is -2.39. The van der Waals surface area contributed by atoms with Gasteiger partial charge >= 0.3 is 0 Å². The molecule has 0 bridgehead atoms. The van der Waals surface area contributed by atoms with Gasteiger partial charge in [0.1, 0.15) is 0 Å². The van der Waals surface area contributed by atoms with Crippen LogP contribution in [0.3, 0.4) is 0 Å². The van der Waals surface area contributed by atoms with Gasteiger partial charge in [-0.25, -0.2) is 0 Å². The first-order valence-corrected chi connectivity index (χ1v) is 8.00. The van der Waals surface area contributed by atoms with Gasteiger partial charge in [-0.15, -0.1) is 0 Å². The lowest BCUT2D eigenvalue weighted by molar-refractivity contribution is 0.301. The van der Waals surface area contributed by atoms with Gasteiger partial charge in [0.15, 0.2) is 0 Å². The van der Waals surface area contributed by atoms with Crippen LogP contribution in [-0.4, -0.2) is 0 Å². The molecule has 0 heterocycles. The average molecular weight is 357 g/mol. The average Bonchev–Trinajstić information content (AvgIpc) is 2.28. The largest absolute Gasteiger partial charge is 0.321 e. The molecule has 2 N–H and O–H groups in total. The minimum absolute atomic E-state index is 0.0839. The van der Waals surface area contributed by atoms with Gasteiger partial charge in [0.25, 0.3) is 0 Å². The minimum Gasteiger partial charge on any atom is -0.321 e. The van der Waals surface area contributed by atoms with Crippen molar-refractivity contribution in [3.05, 3.63) is 32.9 Å². The number of benzene rings is 1. The van der Waals surface area contributed by atoms with Gasteiger partial charge in [-0.3, -0.25) is 0 Å². The molecule has 1 aromatic carbocycles. The Bertz CT molecular complexity index is 425. The van der Waals surface area contributed by atoms with E-state index < -0.39 is 0 Å². The van der Waals surface area contributed by atoms with Crippen LogP contribution < -0.4 is 5.73 Å². The number of hydrogen-bond acceptors (Lipinski definition) is 1. The first-order valence-electron chi connectivity index (χ1n) is 6.92. The van der Waals surface area contributed by atoms with E-state index in [2.05, 4.69) is 61.6 Å². The van der Waals surface area contributed by atoms with Crippen LogP contribution in [0.4, 0.5) is 0 Å². The summed E-state index contributed by atoms with van der Waals surface area (Å²) in [6, 6.07) is 6.91. The summed E-state index contributed by atoms with van der Waals surface area (Å²) in [5.41, 5.74) is 9.52. The predicted octanol–water partition coefficient (Wildman–Crippen LogP) is 4.71. The van der Waals surface area contributed by atoms with Gasteiger partial charge in [0.05, 0.1) is 0 Å². The molecule has 0 spiro atoms. The van der Waals surface area contributed by atoms with Crippen LogP contribution in [0, 0.1) is 3.57 Å². The van der Waals surface area contributed by atoms with E-state index in [1.165, 1.54) is 34.0 Å². The van der Waals surface area contributed by atoms with Crippen LogP contribution in [0.5, 0.6) is 0 Å². The normalized spacial score (nSPS) is 19.8. The molecule has 1 aliphatic rings. The standard InChI is InChI=1S/C16H24IN/c1-15(2,3)12-9-13(11-14(17)10-12)16(18)7-5-4-6-8-16/h9-11H,4-8,18H2,1-3H3. The molecule has 0 amide bonds. The molecule has 100 valence electrons. The highest BCUT2D eigenvalue weighted by atomic mass is 127. The Kier molecular flexibility index (Phi) is 4.07. The highest BCUT2D eigenvalue weighted by molar-refractivity contribution is 14.1. The van der Waals surface area contributed by atoms with E-state index >= 15 is 0 Å². The molecular weight excluding hydrogens is 333 g/mol. The van der Waals surface area contributed by atoms with Crippen molar-refractivity contribution in [2.24, 2.45) is 5.73 Å². The zero-order valence-electron chi connectivity index (χ0n) is 11.7. The molecule has 0 radical (unpaired) electrons. The lowest BCUT2D eigenvalue weighted by atomic mass is 9.75. The fraction of sp³-hybridized carbons (Fsp3) is 0.625. The molecule has 1 saturated carbocycles. The Morgan fingerprint density at radius 1 is 1.06 bits per heavy atom. The van der Waals surface area contributed by atoms with Crippen LogP contribution in [0.1, 0.15) is 64.0 Å². The number of hydrogen-bond donors (Lipinski definition) is 1. The smallest absolute Gasteiger partial charge is 0.0410 e. The molecule has 1 nitrogen and oxygen atoms in total. The van der Waals surface area contributed by atoms with E-state index in [9.17, 15) is 0 Å². The van der Waals surface area contributed by atoms with Gasteiger partial charge in [0.2, 0.25) is 0 Å². The number of nitrogens with two attached hydrogens (primary N) is 1.